The molecule has 2 aromatic carbocycles. The van der Waals surface area contributed by atoms with Gasteiger partial charge < -0.3 is 5.32 Å². The van der Waals surface area contributed by atoms with Gasteiger partial charge in [0, 0.05) is 10.9 Å². The zero-order chi connectivity index (χ0) is 12.6. The van der Waals surface area contributed by atoms with Gasteiger partial charge in [-0.15, -0.1) is 0 Å². The lowest BCUT2D eigenvalue weighted by atomic mass is 10.1. The van der Waals surface area contributed by atoms with Crippen LogP contribution in [0.25, 0.3) is 10.8 Å². The van der Waals surface area contributed by atoms with Crippen LogP contribution in [0.5, 0.6) is 0 Å². The third-order valence-electron chi connectivity index (χ3n) is 3.50. The quantitative estimate of drug-likeness (QED) is 0.864. The smallest absolute Gasteiger partial charge is 0.251 e. The predicted molar refractivity (Wildman–Crippen MR) is 77.2 cm³/mol. The van der Waals surface area contributed by atoms with Gasteiger partial charge in [0.1, 0.15) is 0 Å². The molecule has 2 nitrogen and oxygen atoms in total. The molecule has 92 valence electrons. The molecule has 1 aliphatic rings. The standard InChI is InChI=1S/C15H14BrNO/c16-10-15(7-8-15)17-14(18)13-6-5-11-3-1-2-4-12(11)9-13/h1-6,9H,7-8,10H2,(H,17,18). The largest absolute Gasteiger partial charge is 0.346 e. The molecule has 2 aromatic rings. The molecule has 0 aromatic heterocycles. The maximum absolute atomic E-state index is 12.2. The van der Waals surface area contributed by atoms with Gasteiger partial charge in [0.25, 0.3) is 5.91 Å². The highest BCUT2D eigenvalue weighted by Gasteiger charge is 2.42. The summed E-state index contributed by atoms with van der Waals surface area (Å²) in [7, 11) is 0. The summed E-state index contributed by atoms with van der Waals surface area (Å²) >= 11 is 3.46. The summed E-state index contributed by atoms with van der Waals surface area (Å²) in [6.45, 7) is 0. The van der Waals surface area contributed by atoms with Crippen molar-refractivity contribution in [1.82, 2.24) is 5.32 Å². The molecule has 0 radical (unpaired) electrons. The number of amides is 1. The average molecular weight is 304 g/mol. The number of carbonyl (C=O) groups excluding carboxylic acids is 1. The molecule has 1 saturated carbocycles. The summed E-state index contributed by atoms with van der Waals surface area (Å²) in [5.41, 5.74) is 0.740. The number of carbonyl (C=O) groups is 1. The Labute approximate surface area is 115 Å². The fourth-order valence-electron chi connectivity index (χ4n) is 2.09. The molecule has 0 aliphatic heterocycles. The maximum atomic E-state index is 12.2. The van der Waals surface area contributed by atoms with Crippen LogP contribution in [0, 0.1) is 0 Å². The molecule has 3 heteroatoms. The monoisotopic (exact) mass is 303 g/mol. The second-order valence-corrected chi connectivity index (χ2v) is 5.49. The first-order valence-electron chi connectivity index (χ1n) is 6.10. The lowest BCUT2D eigenvalue weighted by Crippen LogP contribution is -2.38. The Hall–Kier alpha value is -1.35. The number of nitrogens with one attached hydrogen (secondary N) is 1. The SMILES string of the molecule is O=C(NC1(CBr)CC1)c1ccc2ccccc2c1. The molecule has 0 atom stereocenters. The zero-order valence-corrected chi connectivity index (χ0v) is 11.5. The van der Waals surface area contributed by atoms with Gasteiger partial charge in [-0.3, -0.25) is 4.79 Å². The first-order valence-corrected chi connectivity index (χ1v) is 7.22. The minimum absolute atomic E-state index is 0.00271. The molecule has 1 amide bonds. The Morgan fingerprint density at radius 1 is 1.17 bits per heavy atom. The Morgan fingerprint density at radius 2 is 1.89 bits per heavy atom. The molecule has 0 spiro atoms. The molecule has 18 heavy (non-hydrogen) atoms. The van der Waals surface area contributed by atoms with Gasteiger partial charge in [0.05, 0.1) is 5.54 Å². The second-order valence-electron chi connectivity index (χ2n) is 4.93. The molecule has 0 saturated heterocycles. The van der Waals surface area contributed by atoms with Crippen molar-refractivity contribution in [3.63, 3.8) is 0 Å². The molecule has 0 bridgehead atoms. The van der Waals surface area contributed by atoms with Crippen molar-refractivity contribution in [2.24, 2.45) is 0 Å². The van der Waals surface area contributed by atoms with Crippen LogP contribution >= 0.6 is 15.9 Å². The van der Waals surface area contributed by atoms with Gasteiger partial charge in [0.15, 0.2) is 0 Å². The van der Waals surface area contributed by atoms with Gasteiger partial charge in [-0.05, 0) is 35.7 Å². The fraction of sp³-hybridized carbons (Fsp3) is 0.267. The van der Waals surface area contributed by atoms with Gasteiger partial charge in [-0.1, -0.05) is 46.3 Å². The Kier molecular flexibility index (Phi) is 2.86. The van der Waals surface area contributed by atoms with Crippen molar-refractivity contribution < 1.29 is 4.79 Å². The number of rotatable bonds is 3. The van der Waals surface area contributed by atoms with Crippen LogP contribution < -0.4 is 5.32 Å². The van der Waals surface area contributed by atoms with Gasteiger partial charge in [-0.2, -0.15) is 0 Å². The average Bonchev–Trinajstić information content (AvgIpc) is 3.18. The van der Waals surface area contributed by atoms with Crippen LogP contribution in [0.1, 0.15) is 23.2 Å². The van der Waals surface area contributed by atoms with E-state index in [1.807, 2.05) is 36.4 Å². The molecular weight excluding hydrogens is 290 g/mol. The van der Waals surface area contributed by atoms with E-state index in [9.17, 15) is 4.79 Å². The third kappa shape index (κ3) is 2.15. The van der Waals surface area contributed by atoms with E-state index in [2.05, 4.69) is 27.3 Å². The van der Waals surface area contributed by atoms with E-state index in [0.717, 1.165) is 34.5 Å². The van der Waals surface area contributed by atoms with E-state index in [4.69, 9.17) is 0 Å². The van der Waals surface area contributed by atoms with Crippen molar-refractivity contribution >= 4 is 32.6 Å². The number of benzene rings is 2. The van der Waals surface area contributed by atoms with Gasteiger partial charge in [0.2, 0.25) is 0 Å². The molecule has 3 rings (SSSR count). The minimum Gasteiger partial charge on any atom is -0.346 e. The first kappa shape index (κ1) is 11.7. The van der Waals surface area contributed by atoms with E-state index in [0.29, 0.717) is 0 Å². The summed E-state index contributed by atoms with van der Waals surface area (Å²) in [4.78, 5) is 12.2. The zero-order valence-electron chi connectivity index (χ0n) is 9.95. The first-order chi connectivity index (χ1) is 8.72. The number of hydrogen-bond acceptors (Lipinski definition) is 1. The highest BCUT2D eigenvalue weighted by atomic mass is 79.9. The van der Waals surface area contributed by atoms with E-state index in [1.165, 1.54) is 0 Å². The predicted octanol–water partition coefficient (Wildman–Crippen LogP) is 3.50. The highest BCUT2D eigenvalue weighted by molar-refractivity contribution is 9.09. The Morgan fingerprint density at radius 3 is 2.56 bits per heavy atom. The van der Waals surface area contributed by atoms with Crippen molar-refractivity contribution in [3.05, 3.63) is 48.0 Å². The van der Waals surface area contributed by atoms with E-state index < -0.39 is 0 Å². The van der Waals surface area contributed by atoms with Crippen molar-refractivity contribution in [2.45, 2.75) is 18.4 Å². The molecule has 1 fully saturated rings. The minimum atomic E-state index is 0.00271. The van der Waals surface area contributed by atoms with Crippen molar-refractivity contribution in [2.75, 3.05) is 5.33 Å². The summed E-state index contributed by atoms with van der Waals surface area (Å²) in [5, 5.41) is 6.21. The second kappa shape index (κ2) is 4.39. The number of hydrogen-bond donors (Lipinski definition) is 1. The number of halogens is 1. The molecule has 1 aliphatic carbocycles. The Bertz CT molecular complexity index is 604. The third-order valence-corrected chi connectivity index (χ3v) is 4.57. The number of fused-ring (bicyclic) bond motifs is 1. The molecule has 1 N–H and O–H groups in total. The maximum Gasteiger partial charge on any atom is 0.251 e. The number of alkyl halides is 1. The van der Waals surface area contributed by atoms with E-state index in [1.54, 1.807) is 0 Å². The van der Waals surface area contributed by atoms with Crippen LogP contribution in [-0.2, 0) is 0 Å². The van der Waals surface area contributed by atoms with E-state index in [-0.39, 0.29) is 11.4 Å². The Balaban J connectivity index is 1.87. The molecular formula is C15H14BrNO. The van der Waals surface area contributed by atoms with E-state index >= 15 is 0 Å². The summed E-state index contributed by atoms with van der Waals surface area (Å²) in [6.07, 6.45) is 2.13. The normalized spacial score (nSPS) is 16.5. The fourth-order valence-corrected chi connectivity index (χ4v) is 2.79. The summed E-state index contributed by atoms with van der Waals surface area (Å²) in [6, 6.07) is 13.9. The van der Waals surface area contributed by atoms with Crippen LogP contribution in [0.4, 0.5) is 0 Å². The topological polar surface area (TPSA) is 29.1 Å². The molecule has 0 heterocycles. The van der Waals surface area contributed by atoms with Gasteiger partial charge in [-0.25, -0.2) is 0 Å². The lowest BCUT2D eigenvalue weighted by Gasteiger charge is -2.14. The summed E-state index contributed by atoms with van der Waals surface area (Å²) in [5.74, 6) is 0.0257. The van der Waals surface area contributed by atoms with Gasteiger partial charge >= 0.3 is 0 Å². The van der Waals surface area contributed by atoms with Crippen LogP contribution in [0.15, 0.2) is 42.5 Å². The van der Waals surface area contributed by atoms with Crippen LogP contribution in [0.3, 0.4) is 0 Å². The highest BCUT2D eigenvalue weighted by Crippen LogP contribution is 2.37. The van der Waals surface area contributed by atoms with Crippen LogP contribution in [-0.4, -0.2) is 16.8 Å². The van der Waals surface area contributed by atoms with Crippen molar-refractivity contribution in [3.8, 4) is 0 Å². The summed E-state index contributed by atoms with van der Waals surface area (Å²) < 4.78 is 0. The lowest BCUT2D eigenvalue weighted by molar-refractivity contribution is 0.0936. The van der Waals surface area contributed by atoms with Crippen LogP contribution in [0.2, 0.25) is 0 Å². The van der Waals surface area contributed by atoms with Crippen molar-refractivity contribution in [1.29, 1.82) is 0 Å². The molecule has 0 unspecified atom stereocenters.